The van der Waals surface area contributed by atoms with Gasteiger partial charge in [-0.25, -0.2) is 8.42 Å². The van der Waals surface area contributed by atoms with Crippen molar-refractivity contribution in [3.05, 3.63) is 96.1 Å². The summed E-state index contributed by atoms with van der Waals surface area (Å²) in [6.45, 7) is 2.48. The molecule has 0 aliphatic carbocycles. The quantitative estimate of drug-likeness (QED) is 0.421. The second kappa shape index (κ2) is 8.56. The lowest BCUT2D eigenvalue weighted by molar-refractivity contribution is 0.0992. The Morgan fingerprint density at radius 3 is 2.31 bits per heavy atom. The molecule has 1 N–H and O–H groups in total. The summed E-state index contributed by atoms with van der Waals surface area (Å²) < 4.78 is 27.2. The maximum Gasteiger partial charge on any atom is 0.264 e. The number of rotatable bonds is 6. The first-order valence-corrected chi connectivity index (χ1v) is 12.6. The van der Waals surface area contributed by atoms with Crippen molar-refractivity contribution >= 4 is 49.7 Å². The third-order valence-corrected chi connectivity index (χ3v) is 8.04. The molecule has 0 spiro atoms. The monoisotopic (exact) mass is 485 g/mol. The van der Waals surface area contributed by atoms with Crippen LogP contribution >= 0.6 is 0 Å². The van der Waals surface area contributed by atoms with Crippen LogP contribution in [0.4, 0.5) is 17.1 Å². The fourth-order valence-electron chi connectivity index (χ4n) is 4.38. The molecule has 0 fully saturated rings. The summed E-state index contributed by atoms with van der Waals surface area (Å²) in [7, 11) is -2.28. The van der Waals surface area contributed by atoms with E-state index in [4.69, 9.17) is 0 Å². The van der Waals surface area contributed by atoms with E-state index in [1.54, 1.807) is 47.4 Å². The summed E-state index contributed by atoms with van der Waals surface area (Å²) in [6.07, 6.45) is 0. The highest BCUT2D eigenvalue weighted by Crippen LogP contribution is 2.40. The Morgan fingerprint density at radius 1 is 0.914 bits per heavy atom. The number of benzene rings is 4. The fourth-order valence-corrected chi connectivity index (χ4v) is 5.57. The number of para-hydroxylation sites is 1. The molecule has 4 aromatic rings. The predicted octanol–water partition coefficient (Wildman–Crippen LogP) is 4.90. The number of carbonyl (C=O) groups is 2. The summed E-state index contributed by atoms with van der Waals surface area (Å²) in [5, 5.41) is 4.51. The fraction of sp³-hybridized carbons (Fsp3) is 0.111. The first kappa shape index (κ1) is 22.6. The van der Waals surface area contributed by atoms with Crippen molar-refractivity contribution in [3.8, 4) is 0 Å². The van der Waals surface area contributed by atoms with E-state index in [1.807, 2.05) is 25.1 Å². The average Bonchev–Trinajstić information content (AvgIpc) is 3.17. The summed E-state index contributed by atoms with van der Waals surface area (Å²) in [4.78, 5) is 27.5. The van der Waals surface area contributed by atoms with E-state index >= 15 is 0 Å². The van der Waals surface area contributed by atoms with Gasteiger partial charge in [0.25, 0.3) is 21.8 Å². The summed E-state index contributed by atoms with van der Waals surface area (Å²) >= 11 is 0. The van der Waals surface area contributed by atoms with E-state index in [2.05, 4.69) is 5.32 Å². The Balaban J connectivity index is 1.41. The second-order valence-electron chi connectivity index (χ2n) is 8.20. The van der Waals surface area contributed by atoms with Crippen LogP contribution in [-0.2, 0) is 10.0 Å². The molecule has 5 rings (SSSR count). The van der Waals surface area contributed by atoms with Crippen molar-refractivity contribution in [2.45, 2.75) is 11.8 Å². The molecule has 0 aromatic heterocycles. The zero-order valence-electron chi connectivity index (χ0n) is 19.2. The summed E-state index contributed by atoms with van der Waals surface area (Å²) in [6, 6.07) is 23.7. The lowest BCUT2D eigenvalue weighted by atomic mass is 10.0. The van der Waals surface area contributed by atoms with Crippen LogP contribution < -0.4 is 14.5 Å². The van der Waals surface area contributed by atoms with Gasteiger partial charge >= 0.3 is 0 Å². The third kappa shape index (κ3) is 3.72. The maximum atomic E-state index is 13.0. The Kier molecular flexibility index (Phi) is 5.53. The predicted molar refractivity (Wildman–Crippen MR) is 138 cm³/mol. The van der Waals surface area contributed by atoms with Gasteiger partial charge in [-0.1, -0.05) is 30.3 Å². The van der Waals surface area contributed by atoms with Gasteiger partial charge in [0, 0.05) is 41.2 Å². The van der Waals surface area contributed by atoms with E-state index in [-0.39, 0.29) is 16.7 Å². The van der Waals surface area contributed by atoms with Crippen LogP contribution in [0, 0.1) is 0 Å². The molecule has 8 heteroatoms. The van der Waals surface area contributed by atoms with Crippen LogP contribution in [0.1, 0.15) is 27.6 Å². The molecule has 176 valence electrons. The molecule has 2 amide bonds. The van der Waals surface area contributed by atoms with Crippen LogP contribution in [-0.4, -0.2) is 33.8 Å². The maximum absolute atomic E-state index is 13.0. The first-order chi connectivity index (χ1) is 16.8. The number of nitrogens with zero attached hydrogens (tertiary/aromatic N) is 2. The van der Waals surface area contributed by atoms with Gasteiger partial charge in [-0.2, -0.15) is 0 Å². The standard InChI is InChI=1S/C27H23N3O4S/c1-3-30-24-17-16-23(21-10-7-11-22(25(21)24)27(30)32)28-26(31)18-12-14-20(15-13-18)35(33,34)29(2)19-8-5-4-6-9-19/h4-17H,3H2,1-2H3,(H,28,31). The lowest BCUT2D eigenvalue weighted by Gasteiger charge is -2.19. The molecule has 0 radical (unpaired) electrons. The number of sulfonamides is 1. The number of amides is 2. The number of nitrogens with one attached hydrogen (secondary N) is 1. The average molecular weight is 486 g/mol. The van der Waals surface area contributed by atoms with Gasteiger partial charge < -0.3 is 10.2 Å². The van der Waals surface area contributed by atoms with Crippen LogP contribution in [0.2, 0.25) is 0 Å². The van der Waals surface area contributed by atoms with E-state index in [1.165, 1.54) is 35.6 Å². The van der Waals surface area contributed by atoms with Crippen molar-refractivity contribution in [1.82, 2.24) is 0 Å². The van der Waals surface area contributed by atoms with Crippen molar-refractivity contribution in [2.24, 2.45) is 0 Å². The van der Waals surface area contributed by atoms with E-state index < -0.39 is 10.0 Å². The normalized spacial score (nSPS) is 12.7. The van der Waals surface area contributed by atoms with Crippen molar-refractivity contribution in [3.63, 3.8) is 0 Å². The lowest BCUT2D eigenvalue weighted by Crippen LogP contribution is -2.26. The van der Waals surface area contributed by atoms with Crippen LogP contribution in [0.3, 0.4) is 0 Å². The highest BCUT2D eigenvalue weighted by Gasteiger charge is 2.29. The van der Waals surface area contributed by atoms with Crippen molar-refractivity contribution in [2.75, 3.05) is 28.1 Å². The smallest absolute Gasteiger partial charge is 0.264 e. The third-order valence-electron chi connectivity index (χ3n) is 6.24. The number of hydrogen-bond donors (Lipinski definition) is 1. The highest BCUT2D eigenvalue weighted by atomic mass is 32.2. The minimum absolute atomic E-state index is 0.0474. The minimum Gasteiger partial charge on any atom is -0.321 e. The molecular formula is C27H23N3O4S. The molecule has 0 bridgehead atoms. The number of anilines is 3. The van der Waals surface area contributed by atoms with Crippen LogP contribution in [0.15, 0.2) is 89.8 Å². The van der Waals surface area contributed by atoms with Gasteiger partial charge in [-0.15, -0.1) is 0 Å². The summed E-state index contributed by atoms with van der Waals surface area (Å²) in [5.41, 5.74) is 2.90. The van der Waals surface area contributed by atoms with Gasteiger partial charge in [0.2, 0.25) is 0 Å². The highest BCUT2D eigenvalue weighted by molar-refractivity contribution is 7.92. The van der Waals surface area contributed by atoms with Gasteiger partial charge in [-0.05, 0) is 61.5 Å². The number of carbonyl (C=O) groups excluding carboxylic acids is 2. The summed E-state index contributed by atoms with van der Waals surface area (Å²) in [5.74, 6) is -0.420. The molecule has 1 heterocycles. The van der Waals surface area contributed by atoms with Gasteiger partial charge in [-0.3, -0.25) is 13.9 Å². The Bertz CT molecular complexity index is 1570. The van der Waals surface area contributed by atoms with Gasteiger partial charge in [0.1, 0.15) is 0 Å². The van der Waals surface area contributed by atoms with Gasteiger partial charge in [0.05, 0.1) is 16.3 Å². The van der Waals surface area contributed by atoms with Gasteiger partial charge in [0.15, 0.2) is 0 Å². The van der Waals surface area contributed by atoms with E-state index in [9.17, 15) is 18.0 Å². The Labute approximate surface area is 203 Å². The molecule has 0 saturated heterocycles. The number of hydrogen-bond acceptors (Lipinski definition) is 4. The topological polar surface area (TPSA) is 86.8 Å². The van der Waals surface area contributed by atoms with E-state index in [0.29, 0.717) is 29.0 Å². The van der Waals surface area contributed by atoms with E-state index in [0.717, 1.165) is 16.5 Å². The molecule has 0 atom stereocenters. The van der Waals surface area contributed by atoms with Crippen molar-refractivity contribution < 1.29 is 18.0 Å². The van der Waals surface area contributed by atoms with Crippen LogP contribution in [0.25, 0.3) is 10.8 Å². The SMILES string of the molecule is CCN1C(=O)c2cccc3c(NC(=O)c4ccc(S(=O)(=O)N(C)c5ccccc5)cc4)ccc1c23. The molecule has 1 aliphatic heterocycles. The second-order valence-corrected chi connectivity index (χ2v) is 10.2. The molecular weight excluding hydrogens is 462 g/mol. The molecule has 7 nitrogen and oxygen atoms in total. The molecule has 0 saturated carbocycles. The minimum atomic E-state index is -3.77. The van der Waals surface area contributed by atoms with Crippen molar-refractivity contribution in [1.29, 1.82) is 0 Å². The molecule has 35 heavy (non-hydrogen) atoms. The molecule has 4 aromatic carbocycles. The Hall–Kier alpha value is -4.17. The van der Waals surface area contributed by atoms with Crippen LogP contribution in [0.5, 0.6) is 0 Å². The zero-order chi connectivity index (χ0) is 24.7. The first-order valence-electron chi connectivity index (χ1n) is 11.2. The largest absolute Gasteiger partial charge is 0.321 e. The molecule has 0 unspecified atom stereocenters. The zero-order valence-corrected chi connectivity index (χ0v) is 20.0. The Morgan fingerprint density at radius 2 is 1.63 bits per heavy atom. The molecule has 1 aliphatic rings.